The number of halogens is 2. The van der Waals surface area contributed by atoms with Gasteiger partial charge in [0.05, 0.1) is 5.75 Å². The zero-order valence-electron chi connectivity index (χ0n) is 13.5. The molecule has 0 spiro atoms. The smallest absolute Gasteiger partial charge is 0.234 e. The second-order valence-electron chi connectivity index (χ2n) is 5.16. The van der Waals surface area contributed by atoms with E-state index in [1.807, 2.05) is 4.57 Å². The molecule has 0 saturated heterocycles. The molecule has 134 valence electrons. The van der Waals surface area contributed by atoms with Crippen LogP contribution < -0.4 is 5.32 Å². The predicted molar refractivity (Wildman–Crippen MR) is 106 cm³/mol. The van der Waals surface area contributed by atoms with Crippen molar-refractivity contribution in [2.75, 3.05) is 11.1 Å². The Bertz CT molecular complexity index is 940. The minimum Gasteiger partial charge on any atom is -0.446 e. The molecule has 1 amide bonds. The van der Waals surface area contributed by atoms with Gasteiger partial charge in [-0.25, -0.2) is 0 Å². The number of nitrogens with zero attached hydrogens (tertiary/aromatic N) is 3. The Balaban J connectivity index is 1.70. The molecule has 0 aliphatic heterocycles. The topological polar surface area (TPSA) is 73.0 Å². The van der Waals surface area contributed by atoms with Gasteiger partial charge in [-0.05, 0) is 46.3 Å². The van der Waals surface area contributed by atoms with E-state index < -0.39 is 0 Å². The normalized spacial score (nSPS) is 10.7. The van der Waals surface area contributed by atoms with Gasteiger partial charge in [0, 0.05) is 17.3 Å². The number of furan rings is 1. The average molecular weight is 454 g/mol. The molecule has 1 aromatic carbocycles. The third-order valence-corrected chi connectivity index (χ3v) is 4.89. The second kappa shape index (κ2) is 8.57. The van der Waals surface area contributed by atoms with Gasteiger partial charge in [-0.15, -0.1) is 16.8 Å². The van der Waals surface area contributed by atoms with Crippen LogP contribution in [-0.2, 0) is 11.3 Å². The second-order valence-corrected chi connectivity index (χ2v) is 7.32. The quantitative estimate of drug-likeness (QED) is 0.408. The van der Waals surface area contributed by atoms with Crippen LogP contribution in [0.4, 0.5) is 5.69 Å². The summed E-state index contributed by atoms with van der Waals surface area (Å²) in [5, 5.41) is 12.3. The van der Waals surface area contributed by atoms with Crippen LogP contribution in [0.25, 0.3) is 11.6 Å². The van der Waals surface area contributed by atoms with Crippen molar-refractivity contribution >= 4 is 50.9 Å². The van der Waals surface area contributed by atoms with Gasteiger partial charge in [-0.2, -0.15) is 0 Å². The van der Waals surface area contributed by atoms with E-state index in [-0.39, 0.29) is 11.7 Å². The van der Waals surface area contributed by atoms with Gasteiger partial charge in [0.2, 0.25) is 11.7 Å². The van der Waals surface area contributed by atoms with Crippen LogP contribution in [0.2, 0.25) is 5.02 Å². The molecule has 9 heteroatoms. The fourth-order valence-corrected chi connectivity index (χ4v) is 3.44. The Morgan fingerprint density at radius 2 is 2.23 bits per heavy atom. The fourth-order valence-electron chi connectivity index (χ4n) is 2.20. The molecule has 0 saturated carbocycles. The molecular weight excluding hydrogens is 440 g/mol. The summed E-state index contributed by atoms with van der Waals surface area (Å²) in [6, 6.07) is 10.6. The van der Waals surface area contributed by atoms with Gasteiger partial charge in [0.25, 0.3) is 0 Å². The van der Waals surface area contributed by atoms with Gasteiger partial charge in [-0.3, -0.25) is 9.36 Å². The molecule has 0 aliphatic carbocycles. The summed E-state index contributed by atoms with van der Waals surface area (Å²) in [5.41, 5.74) is 0.650. The minimum absolute atomic E-state index is 0.160. The van der Waals surface area contributed by atoms with Gasteiger partial charge in [0.1, 0.15) is 0 Å². The van der Waals surface area contributed by atoms with Gasteiger partial charge in [0.15, 0.2) is 15.6 Å². The molecule has 0 atom stereocenters. The van der Waals surface area contributed by atoms with Crippen molar-refractivity contribution in [3.05, 3.63) is 58.7 Å². The predicted octanol–water partition coefficient (Wildman–Crippen LogP) is 4.87. The standard InChI is InChI=1S/C17H14BrClN4O2S/c1-2-8-23-16(13-6-7-14(18)25-13)21-22-17(23)26-10-15(24)20-12-5-3-4-11(19)9-12/h2-7,9H,1,8,10H2,(H,20,24). The largest absolute Gasteiger partial charge is 0.446 e. The highest BCUT2D eigenvalue weighted by molar-refractivity contribution is 9.10. The van der Waals surface area contributed by atoms with Crippen LogP contribution in [0.3, 0.4) is 0 Å². The van der Waals surface area contributed by atoms with Crippen molar-refractivity contribution in [1.82, 2.24) is 14.8 Å². The van der Waals surface area contributed by atoms with Crippen molar-refractivity contribution in [2.24, 2.45) is 0 Å². The number of thioether (sulfide) groups is 1. The highest BCUT2D eigenvalue weighted by atomic mass is 79.9. The lowest BCUT2D eigenvalue weighted by atomic mass is 10.3. The zero-order chi connectivity index (χ0) is 18.5. The Morgan fingerprint density at radius 3 is 2.92 bits per heavy atom. The van der Waals surface area contributed by atoms with Crippen LogP contribution >= 0.6 is 39.3 Å². The number of amides is 1. The van der Waals surface area contributed by atoms with Crippen LogP contribution in [0.5, 0.6) is 0 Å². The van der Waals surface area contributed by atoms with Crippen LogP contribution in [-0.4, -0.2) is 26.4 Å². The number of benzene rings is 1. The lowest BCUT2D eigenvalue weighted by Crippen LogP contribution is -2.14. The molecule has 3 rings (SSSR count). The summed E-state index contributed by atoms with van der Waals surface area (Å²) in [4.78, 5) is 12.2. The third kappa shape index (κ3) is 4.57. The fraction of sp³-hybridized carbons (Fsp3) is 0.118. The maximum absolute atomic E-state index is 12.2. The molecular formula is C17H14BrClN4O2S. The lowest BCUT2D eigenvalue weighted by Gasteiger charge is -2.07. The number of hydrogen-bond donors (Lipinski definition) is 1. The molecule has 0 radical (unpaired) electrons. The van der Waals surface area contributed by atoms with Crippen LogP contribution in [0, 0.1) is 0 Å². The first kappa shape index (κ1) is 18.8. The van der Waals surface area contributed by atoms with E-state index in [1.165, 1.54) is 11.8 Å². The van der Waals surface area contributed by atoms with Gasteiger partial charge < -0.3 is 9.73 Å². The highest BCUT2D eigenvalue weighted by Gasteiger charge is 2.17. The van der Waals surface area contributed by atoms with Crippen LogP contribution in [0.15, 0.2) is 63.3 Å². The van der Waals surface area contributed by atoms with Crippen molar-refractivity contribution in [3.8, 4) is 11.6 Å². The highest BCUT2D eigenvalue weighted by Crippen LogP contribution is 2.27. The third-order valence-electron chi connectivity index (χ3n) is 3.26. The monoisotopic (exact) mass is 452 g/mol. The Kier molecular flexibility index (Phi) is 6.18. The maximum atomic E-state index is 12.2. The number of nitrogens with one attached hydrogen (secondary N) is 1. The molecule has 0 bridgehead atoms. The number of carbonyl (C=O) groups is 1. The van der Waals surface area contributed by atoms with E-state index in [0.717, 1.165) is 0 Å². The summed E-state index contributed by atoms with van der Waals surface area (Å²) in [6.07, 6.45) is 1.74. The SMILES string of the molecule is C=CCn1c(SCC(=O)Nc2cccc(Cl)c2)nnc1-c1ccc(Br)o1. The molecule has 0 fully saturated rings. The molecule has 6 nitrogen and oxygen atoms in total. The Hall–Kier alpha value is -2.03. The van der Waals surface area contributed by atoms with Crippen molar-refractivity contribution in [1.29, 1.82) is 0 Å². The zero-order valence-corrected chi connectivity index (χ0v) is 16.6. The molecule has 1 N–H and O–H groups in total. The average Bonchev–Trinajstić information content (AvgIpc) is 3.19. The van der Waals surface area contributed by atoms with Crippen molar-refractivity contribution in [3.63, 3.8) is 0 Å². The Morgan fingerprint density at radius 1 is 1.38 bits per heavy atom. The molecule has 0 unspecified atom stereocenters. The summed E-state index contributed by atoms with van der Waals surface area (Å²) >= 11 is 10.5. The Labute approximate surface area is 167 Å². The van der Waals surface area contributed by atoms with Crippen molar-refractivity contribution in [2.45, 2.75) is 11.7 Å². The number of allylic oxidation sites excluding steroid dienone is 1. The van der Waals surface area contributed by atoms with E-state index in [0.29, 0.717) is 38.7 Å². The van der Waals surface area contributed by atoms with Crippen LogP contribution in [0.1, 0.15) is 0 Å². The molecule has 2 aromatic heterocycles. The molecule has 3 aromatic rings. The maximum Gasteiger partial charge on any atom is 0.234 e. The number of rotatable bonds is 7. The minimum atomic E-state index is -0.160. The summed E-state index contributed by atoms with van der Waals surface area (Å²) < 4.78 is 7.99. The van der Waals surface area contributed by atoms with E-state index in [2.05, 4.69) is 38.0 Å². The van der Waals surface area contributed by atoms with E-state index in [4.69, 9.17) is 16.0 Å². The summed E-state index contributed by atoms with van der Waals surface area (Å²) in [6.45, 7) is 4.26. The van der Waals surface area contributed by atoms with Crippen molar-refractivity contribution < 1.29 is 9.21 Å². The number of anilines is 1. The van der Waals surface area contributed by atoms with Gasteiger partial charge in [-0.1, -0.05) is 35.5 Å². The molecule has 0 aliphatic rings. The van der Waals surface area contributed by atoms with E-state index in [1.54, 1.807) is 42.5 Å². The van der Waals surface area contributed by atoms with Gasteiger partial charge >= 0.3 is 0 Å². The first-order valence-corrected chi connectivity index (χ1v) is 9.70. The lowest BCUT2D eigenvalue weighted by molar-refractivity contribution is -0.113. The molecule has 26 heavy (non-hydrogen) atoms. The first-order valence-electron chi connectivity index (χ1n) is 7.55. The number of aromatic nitrogens is 3. The number of carbonyl (C=O) groups excluding carboxylic acids is 1. The van der Waals surface area contributed by atoms with E-state index >= 15 is 0 Å². The first-order chi connectivity index (χ1) is 12.6. The number of hydrogen-bond acceptors (Lipinski definition) is 5. The van der Waals surface area contributed by atoms with E-state index in [9.17, 15) is 4.79 Å². The summed E-state index contributed by atoms with van der Waals surface area (Å²) in [5.74, 6) is 1.19. The summed E-state index contributed by atoms with van der Waals surface area (Å²) in [7, 11) is 0. The molecule has 2 heterocycles.